The molecule has 1 aliphatic rings. The molecule has 13 heavy (non-hydrogen) atoms. The summed E-state index contributed by atoms with van der Waals surface area (Å²) in [5.41, 5.74) is 1.17. The maximum atomic E-state index is 4.32. The van der Waals surface area contributed by atoms with E-state index < -0.39 is 0 Å². The molecule has 68 valence electrons. The Morgan fingerprint density at radius 3 is 2.62 bits per heavy atom. The van der Waals surface area contributed by atoms with Crippen LogP contribution in [-0.4, -0.2) is 12.8 Å². The highest BCUT2D eigenvalue weighted by Crippen LogP contribution is 2.20. The van der Waals surface area contributed by atoms with Crippen molar-refractivity contribution in [3.63, 3.8) is 0 Å². The van der Waals surface area contributed by atoms with Crippen LogP contribution < -0.4 is 5.01 Å². The monoisotopic (exact) mass is 238 g/mol. The van der Waals surface area contributed by atoms with E-state index in [0.29, 0.717) is 0 Å². The third-order valence-corrected chi connectivity index (χ3v) is 2.58. The Bertz CT molecular complexity index is 305. The summed E-state index contributed by atoms with van der Waals surface area (Å²) in [5.74, 6) is 0. The van der Waals surface area contributed by atoms with Gasteiger partial charge in [-0.3, -0.25) is 5.01 Å². The molecule has 2 nitrogen and oxygen atoms in total. The van der Waals surface area contributed by atoms with Crippen LogP contribution in [0.2, 0.25) is 0 Å². The van der Waals surface area contributed by atoms with Gasteiger partial charge in [0, 0.05) is 17.2 Å². The average molecular weight is 239 g/mol. The number of hydrogen-bond donors (Lipinski definition) is 0. The standard InChI is InChI=1S/C10H11BrN2/c11-9-3-5-10(6-4-9)13-8-2-1-7-12-13/h3-7H,1-2,8H2. The first-order chi connectivity index (χ1) is 6.36. The lowest BCUT2D eigenvalue weighted by Gasteiger charge is -2.21. The van der Waals surface area contributed by atoms with Crippen LogP contribution in [0.1, 0.15) is 12.8 Å². The van der Waals surface area contributed by atoms with E-state index in [1.54, 1.807) is 0 Å². The Morgan fingerprint density at radius 2 is 2.00 bits per heavy atom. The van der Waals surface area contributed by atoms with Crippen LogP contribution in [0.5, 0.6) is 0 Å². The molecule has 0 atom stereocenters. The van der Waals surface area contributed by atoms with Gasteiger partial charge in [-0.05, 0) is 37.1 Å². The van der Waals surface area contributed by atoms with E-state index in [1.807, 2.05) is 23.4 Å². The highest BCUT2D eigenvalue weighted by molar-refractivity contribution is 9.10. The van der Waals surface area contributed by atoms with Crippen LogP contribution in [0.4, 0.5) is 5.69 Å². The third kappa shape index (κ3) is 2.10. The summed E-state index contributed by atoms with van der Waals surface area (Å²) in [6.07, 6.45) is 4.28. The summed E-state index contributed by atoms with van der Waals surface area (Å²) in [5, 5.41) is 6.36. The molecule has 0 aliphatic carbocycles. The van der Waals surface area contributed by atoms with Crippen molar-refractivity contribution in [3.8, 4) is 0 Å². The Balaban J connectivity index is 2.19. The SMILES string of the molecule is Brc1ccc(N2CCCC=N2)cc1. The van der Waals surface area contributed by atoms with Crippen molar-refractivity contribution in [2.75, 3.05) is 11.6 Å². The third-order valence-electron chi connectivity index (χ3n) is 2.05. The lowest BCUT2D eigenvalue weighted by molar-refractivity contribution is 0.751. The fourth-order valence-electron chi connectivity index (χ4n) is 1.36. The van der Waals surface area contributed by atoms with Crippen LogP contribution in [-0.2, 0) is 0 Å². The van der Waals surface area contributed by atoms with Crippen molar-refractivity contribution in [1.82, 2.24) is 0 Å². The average Bonchev–Trinajstić information content (AvgIpc) is 2.20. The van der Waals surface area contributed by atoms with E-state index in [4.69, 9.17) is 0 Å². The maximum absolute atomic E-state index is 4.32. The Morgan fingerprint density at radius 1 is 1.23 bits per heavy atom. The molecule has 3 heteroatoms. The minimum atomic E-state index is 1.03. The summed E-state index contributed by atoms with van der Waals surface area (Å²) in [6, 6.07) is 8.23. The topological polar surface area (TPSA) is 15.6 Å². The molecule has 1 aliphatic heterocycles. The predicted molar refractivity (Wildman–Crippen MR) is 59.2 cm³/mol. The second-order valence-corrected chi connectivity index (χ2v) is 3.96. The second kappa shape index (κ2) is 3.92. The fourth-order valence-corrected chi connectivity index (χ4v) is 1.62. The molecular weight excluding hydrogens is 228 g/mol. The number of rotatable bonds is 1. The molecule has 1 aromatic rings. The minimum Gasteiger partial charge on any atom is -0.266 e. The zero-order valence-corrected chi connectivity index (χ0v) is 8.87. The van der Waals surface area contributed by atoms with Gasteiger partial charge < -0.3 is 0 Å². The number of halogens is 1. The molecule has 0 saturated heterocycles. The first kappa shape index (κ1) is 8.75. The Labute approximate surface area is 86.4 Å². The van der Waals surface area contributed by atoms with Crippen molar-refractivity contribution in [2.24, 2.45) is 5.10 Å². The van der Waals surface area contributed by atoms with Gasteiger partial charge in [-0.15, -0.1) is 0 Å². The molecule has 0 amide bonds. The summed E-state index contributed by atoms with van der Waals surface area (Å²) in [7, 11) is 0. The zero-order chi connectivity index (χ0) is 9.10. The molecule has 1 heterocycles. The quantitative estimate of drug-likeness (QED) is 0.735. The van der Waals surface area contributed by atoms with Gasteiger partial charge in [-0.25, -0.2) is 0 Å². The van der Waals surface area contributed by atoms with Crippen molar-refractivity contribution in [1.29, 1.82) is 0 Å². The van der Waals surface area contributed by atoms with Gasteiger partial charge in [-0.2, -0.15) is 5.10 Å². The molecule has 0 spiro atoms. The first-order valence-electron chi connectivity index (χ1n) is 4.42. The number of anilines is 1. The molecular formula is C10H11BrN2. The molecule has 0 fully saturated rings. The van der Waals surface area contributed by atoms with Crippen LogP contribution in [0.3, 0.4) is 0 Å². The molecule has 0 aromatic heterocycles. The molecule has 0 N–H and O–H groups in total. The Hall–Kier alpha value is -0.830. The summed E-state index contributed by atoms with van der Waals surface area (Å²) in [4.78, 5) is 0. The smallest absolute Gasteiger partial charge is 0.0594 e. The number of benzene rings is 1. The van der Waals surface area contributed by atoms with E-state index in [2.05, 4.69) is 33.2 Å². The molecule has 0 radical (unpaired) electrons. The maximum Gasteiger partial charge on any atom is 0.0594 e. The van der Waals surface area contributed by atoms with Crippen LogP contribution in [0.25, 0.3) is 0 Å². The van der Waals surface area contributed by atoms with E-state index in [0.717, 1.165) is 17.4 Å². The molecule has 0 unspecified atom stereocenters. The first-order valence-corrected chi connectivity index (χ1v) is 5.21. The molecule has 1 aromatic carbocycles. The van der Waals surface area contributed by atoms with Gasteiger partial charge in [0.25, 0.3) is 0 Å². The zero-order valence-electron chi connectivity index (χ0n) is 7.28. The van der Waals surface area contributed by atoms with Crippen molar-refractivity contribution in [3.05, 3.63) is 28.7 Å². The van der Waals surface area contributed by atoms with E-state index in [-0.39, 0.29) is 0 Å². The van der Waals surface area contributed by atoms with Crippen LogP contribution in [0, 0.1) is 0 Å². The van der Waals surface area contributed by atoms with Gasteiger partial charge in [0.1, 0.15) is 0 Å². The van der Waals surface area contributed by atoms with Gasteiger partial charge in [0.15, 0.2) is 0 Å². The highest BCUT2D eigenvalue weighted by Gasteiger charge is 2.06. The van der Waals surface area contributed by atoms with Crippen molar-refractivity contribution in [2.45, 2.75) is 12.8 Å². The van der Waals surface area contributed by atoms with Crippen molar-refractivity contribution >= 4 is 27.8 Å². The largest absolute Gasteiger partial charge is 0.266 e. The van der Waals surface area contributed by atoms with Gasteiger partial charge >= 0.3 is 0 Å². The Kier molecular flexibility index (Phi) is 2.64. The number of nitrogens with zero attached hydrogens (tertiary/aromatic N) is 2. The van der Waals surface area contributed by atoms with E-state index in [1.165, 1.54) is 12.1 Å². The number of hydrogen-bond acceptors (Lipinski definition) is 2. The fraction of sp³-hybridized carbons (Fsp3) is 0.300. The predicted octanol–water partition coefficient (Wildman–Crippen LogP) is 3.04. The summed E-state index contributed by atoms with van der Waals surface area (Å²) < 4.78 is 1.11. The number of hydrazone groups is 1. The van der Waals surface area contributed by atoms with E-state index in [9.17, 15) is 0 Å². The van der Waals surface area contributed by atoms with E-state index >= 15 is 0 Å². The van der Waals surface area contributed by atoms with Crippen molar-refractivity contribution < 1.29 is 0 Å². The molecule has 2 rings (SSSR count). The van der Waals surface area contributed by atoms with Gasteiger partial charge in [0.2, 0.25) is 0 Å². The van der Waals surface area contributed by atoms with Crippen LogP contribution in [0.15, 0.2) is 33.8 Å². The molecule has 0 bridgehead atoms. The lowest BCUT2D eigenvalue weighted by Crippen LogP contribution is -2.21. The minimum absolute atomic E-state index is 1.03. The van der Waals surface area contributed by atoms with Gasteiger partial charge in [0.05, 0.1) is 5.69 Å². The normalized spacial score (nSPS) is 16.2. The molecule has 0 saturated carbocycles. The highest BCUT2D eigenvalue weighted by atomic mass is 79.9. The van der Waals surface area contributed by atoms with Crippen LogP contribution >= 0.6 is 15.9 Å². The summed E-state index contributed by atoms with van der Waals surface area (Å²) >= 11 is 3.41. The lowest BCUT2D eigenvalue weighted by atomic mass is 10.2. The summed E-state index contributed by atoms with van der Waals surface area (Å²) in [6.45, 7) is 1.03. The second-order valence-electron chi connectivity index (χ2n) is 3.04. The van der Waals surface area contributed by atoms with Gasteiger partial charge in [-0.1, -0.05) is 15.9 Å².